The number of alkyl halides is 3. The summed E-state index contributed by atoms with van der Waals surface area (Å²) >= 11 is 7.15. The van der Waals surface area contributed by atoms with Crippen LogP contribution in [0, 0.1) is 0 Å². The second-order valence-electron chi connectivity index (χ2n) is 4.08. The molecule has 6 heteroatoms. The third kappa shape index (κ3) is 3.69. The van der Waals surface area contributed by atoms with Crippen LogP contribution in [0.1, 0.15) is 11.1 Å². The number of nitrogens with two attached hydrogens (primary N) is 1. The van der Waals surface area contributed by atoms with Crippen molar-refractivity contribution in [2.24, 2.45) is 5.73 Å². The Morgan fingerprint density at radius 1 is 1.05 bits per heavy atom. The Balaban J connectivity index is 2.30. The number of rotatable bonds is 3. The molecule has 0 bridgehead atoms. The van der Waals surface area contributed by atoms with Gasteiger partial charge in [0.25, 0.3) is 0 Å². The van der Waals surface area contributed by atoms with Crippen molar-refractivity contribution in [3.8, 4) is 0 Å². The molecule has 2 rings (SSSR count). The van der Waals surface area contributed by atoms with Gasteiger partial charge in [0, 0.05) is 21.4 Å². The Morgan fingerprint density at radius 2 is 1.70 bits per heavy atom. The van der Waals surface area contributed by atoms with Crippen LogP contribution in [0.4, 0.5) is 13.2 Å². The van der Waals surface area contributed by atoms with Gasteiger partial charge >= 0.3 is 6.18 Å². The first-order valence-electron chi connectivity index (χ1n) is 5.74. The Hall–Kier alpha value is -1.17. The van der Waals surface area contributed by atoms with Gasteiger partial charge in [-0.05, 0) is 48.0 Å². The molecule has 0 unspecified atom stereocenters. The van der Waals surface area contributed by atoms with Crippen LogP contribution >= 0.6 is 23.4 Å². The Labute approximate surface area is 123 Å². The maximum absolute atomic E-state index is 12.6. The molecule has 0 saturated carbocycles. The lowest BCUT2D eigenvalue weighted by Crippen LogP contribution is -2.07. The summed E-state index contributed by atoms with van der Waals surface area (Å²) in [4.78, 5) is 1.60. The number of benzene rings is 2. The van der Waals surface area contributed by atoms with Gasteiger partial charge in [-0.25, -0.2) is 0 Å². The molecule has 0 aliphatic carbocycles. The highest BCUT2D eigenvalue weighted by molar-refractivity contribution is 7.99. The van der Waals surface area contributed by atoms with Gasteiger partial charge in [0.05, 0.1) is 5.56 Å². The highest BCUT2D eigenvalue weighted by Crippen LogP contribution is 2.35. The lowest BCUT2D eigenvalue weighted by molar-refractivity contribution is -0.137. The van der Waals surface area contributed by atoms with Crippen LogP contribution in [0.3, 0.4) is 0 Å². The summed E-state index contributed by atoms with van der Waals surface area (Å²) in [6.45, 7) is 0.0554. The summed E-state index contributed by atoms with van der Waals surface area (Å²) < 4.78 is 37.9. The maximum atomic E-state index is 12.6. The second kappa shape index (κ2) is 6.08. The predicted molar refractivity (Wildman–Crippen MR) is 74.9 cm³/mol. The molecule has 20 heavy (non-hydrogen) atoms. The zero-order valence-electron chi connectivity index (χ0n) is 10.2. The zero-order valence-corrected chi connectivity index (χ0v) is 11.8. The quantitative estimate of drug-likeness (QED) is 0.865. The molecule has 0 atom stereocenters. The van der Waals surface area contributed by atoms with Crippen molar-refractivity contribution in [1.29, 1.82) is 0 Å². The van der Waals surface area contributed by atoms with E-state index >= 15 is 0 Å². The smallest absolute Gasteiger partial charge is 0.326 e. The standard InChI is InChI=1S/C14H11ClF3NS/c15-11-2-4-12(5-3-11)20-13-6-1-10(14(16,17)18)7-9(13)8-19/h1-7H,8,19H2. The van der Waals surface area contributed by atoms with Crippen molar-refractivity contribution in [1.82, 2.24) is 0 Å². The van der Waals surface area contributed by atoms with Crippen molar-refractivity contribution >= 4 is 23.4 Å². The van der Waals surface area contributed by atoms with Gasteiger partial charge in [-0.1, -0.05) is 23.4 Å². The molecule has 0 aliphatic rings. The van der Waals surface area contributed by atoms with Crippen molar-refractivity contribution < 1.29 is 13.2 Å². The van der Waals surface area contributed by atoms with E-state index in [1.54, 1.807) is 12.1 Å². The fraction of sp³-hybridized carbons (Fsp3) is 0.143. The molecular weight excluding hydrogens is 307 g/mol. The van der Waals surface area contributed by atoms with Crippen molar-refractivity contribution in [2.45, 2.75) is 22.5 Å². The van der Waals surface area contributed by atoms with E-state index in [9.17, 15) is 13.2 Å². The molecule has 0 amide bonds. The highest BCUT2D eigenvalue weighted by atomic mass is 35.5. The summed E-state index contributed by atoms with van der Waals surface area (Å²) in [5, 5.41) is 0.612. The minimum absolute atomic E-state index is 0.0554. The lowest BCUT2D eigenvalue weighted by atomic mass is 10.1. The van der Waals surface area contributed by atoms with Crippen molar-refractivity contribution in [2.75, 3.05) is 0 Å². The molecule has 106 valence electrons. The molecule has 0 radical (unpaired) electrons. The minimum Gasteiger partial charge on any atom is -0.326 e. The topological polar surface area (TPSA) is 26.0 Å². The minimum atomic E-state index is -4.35. The van der Waals surface area contributed by atoms with Gasteiger partial charge in [-0.2, -0.15) is 13.2 Å². The molecule has 0 saturated heterocycles. The lowest BCUT2D eigenvalue weighted by Gasteiger charge is -2.12. The Bertz CT molecular complexity index is 596. The van der Waals surface area contributed by atoms with Crippen LogP contribution in [0.25, 0.3) is 0 Å². The van der Waals surface area contributed by atoms with Crippen LogP contribution < -0.4 is 5.73 Å². The number of hydrogen-bond donors (Lipinski definition) is 1. The van der Waals surface area contributed by atoms with Crippen LogP contribution in [-0.2, 0) is 12.7 Å². The Morgan fingerprint density at radius 3 is 2.25 bits per heavy atom. The van der Waals surface area contributed by atoms with E-state index in [1.165, 1.54) is 17.8 Å². The second-order valence-corrected chi connectivity index (χ2v) is 5.63. The SMILES string of the molecule is NCc1cc(C(F)(F)F)ccc1Sc1ccc(Cl)cc1. The van der Waals surface area contributed by atoms with E-state index in [0.29, 0.717) is 15.5 Å². The van der Waals surface area contributed by atoms with E-state index < -0.39 is 11.7 Å². The van der Waals surface area contributed by atoms with Gasteiger partial charge in [0.1, 0.15) is 0 Å². The number of halogens is 4. The van der Waals surface area contributed by atoms with Crippen molar-refractivity contribution in [3.63, 3.8) is 0 Å². The largest absolute Gasteiger partial charge is 0.416 e. The highest BCUT2D eigenvalue weighted by Gasteiger charge is 2.30. The van der Waals surface area contributed by atoms with Crippen LogP contribution in [0.5, 0.6) is 0 Å². The van der Waals surface area contributed by atoms with Gasteiger partial charge in [-0.3, -0.25) is 0 Å². The molecule has 0 aliphatic heterocycles. The van der Waals surface area contributed by atoms with Gasteiger partial charge in [-0.15, -0.1) is 0 Å². The van der Waals surface area contributed by atoms with E-state index in [1.807, 2.05) is 12.1 Å². The maximum Gasteiger partial charge on any atom is 0.416 e. The Kier molecular flexibility index (Phi) is 4.62. The zero-order chi connectivity index (χ0) is 14.8. The average molecular weight is 318 g/mol. The normalized spacial score (nSPS) is 11.7. The third-order valence-corrected chi connectivity index (χ3v) is 4.03. The van der Waals surface area contributed by atoms with Gasteiger partial charge in [0.2, 0.25) is 0 Å². The summed E-state index contributed by atoms with van der Waals surface area (Å²) in [5.74, 6) is 0. The van der Waals surface area contributed by atoms with Crippen LogP contribution in [0.15, 0.2) is 52.3 Å². The van der Waals surface area contributed by atoms with E-state index in [2.05, 4.69) is 0 Å². The first kappa shape index (κ1) is 15.2. The first-order chi connectivity index (χ1) is 9.40. The fourth-order valence-corrected chi connectivity index (χ4v) is 2.71. The van der Waals surface area contributed by atoms with Gasteiger partial charge in [0.15, 0.2) is 0 Å². The van der Waals surface area contributed by atoms with E-state index in [0.717, 1.165) is 17.0 Å². The van der Waals surface area contributed by atoms with Crippen molar-refractivity contribution in [3.05, 3.63) is 58.6 Å². The molecule has 0 fully saturated rings. The summed E-state index contributed by atoms with van der Waals surface area (Å²) in [6, 6.07) is 10.7. The molecule has 2 aromatic rings. The first-order valence-corrected chi connectivity index (χ1v) is 6.93. The van der Waals surface area contributed by atoms with E-state index in [-0.39, 0.29) is 6.54 Å². The molecule has 0 spiro atoms. The fourth-order valence-electron chi connectivity index (χ4n) is 1.64. The monoisotopic (exact) mass is 317 g/mol. The molecule has 2 N–H and O–H groups in total. The summed E-state index contributed by atoms with van der Waals surface area (Å²) in [5.41, 5.74) is 5.33. The molecule has 0 aromatic heterocycles. The molecular formula is C14H11ClF3NS. The third-order valence-electron chi connectivity index (χ3n) is 2.65. The molecule has 2 aromatic carbocycles. The van der Waals surface area contributed by atoms with Crippen LogP contribution in [0.2, 0.25) is 5.02 Å². The summed E-state index contributed by atoms with van der Waals surface area (Å²) in [7, 11) is 0. The van der Waals surface area contributed by atoms with E-state index in [4.69, 9.17) is 17.3 Å². The summed E-state index contributed by atoms with van der Waals surface area (Å²) in [6.07, 6.45) is -4.35. The van der Waals surface area contributed by atoms with Gasteiger partial charge < -0.3 is 5.73 Å². The molecule has 1 nitrogen and oxygen atoms in total. The molecule has 0 heterocycles. The average Bonchev–Trinajstić information content (AvgIpc) is 2.40. The number of hydrogen-bond acceptors (Lipinski definition) is 2. The predicted octanol–water partition coefficient (Wildman–Crippen LogP) is 4.97. The van der Waals surface area contributed by atoms with Crippen LogP contribution in [-0.4, -0.2) is 0 Å².